The molecule has 0 atom stereocenters. The number of benzene rings is 1. The molecule has 4 heteroatoms. The van der Waals surface area contributed by atoms with E-state index in [1.54, 1.807) is 11.5 Å². The van der Waals surface area contributed by atoms with Crippen molar-refractivity contribution in [1.82, 2.24) is 9.13 Å². The lowest BCUT2D eigenvalue weighted by Crippen LogP contribution is -2.23. The van der Waals surface area contributed by atoms with Crippen LogP contribution in [0.2, 0.25) is 0 Å². The standard InChI is InChI=1S/C15H20N2O2/c1-3-16-13-9-4-5-10-14(13)17(15(16)19)11-7-6-8-12(2)18/h4-5,9-10H,3,6-8,11H2,1-2H3. The van der Waals surface area contributed by atoms with Gasteiger partial charge < -0.3 is 4.79 Å². The van der Waals surface area contributed by atoms with Crippen LogP contribution < -0.4 is 5.69 Å². The number of hydrogen-bond acceptors (Lipinski definition) is 2. The molecule has 2 aromatic rings. The molecule has 0 amide bonds. The molecule has 4 nitrogen and oxygen atoms in total. The van der Waals surface area contributed by atoms with Crippen LogP contribution in [0.1, 0.15) is 33.1 Å². The number of unbranched alkanes of at least 4 members (excludes halogenated alkanes) is 1. The molecule has 0 spiro atoms. The quantitative estimate of drug-likeness (QED) is 0.749. The zero-order valence-electron chi connectivity index (χ0n) is 11.6. The first-order valence-corrected chi connectivity index (χ1v) is 6.82. The van der Waals surface area contributed by atoms with E-state index < -0.39 is 0 Å². The number of carbonyl (C=O) groups is 1. The molecule has 1 aromatic carbocycles. The summed E-state index contributed by atoms with van der Waals surface area (Å²) in [6, 6.07) is 7.86. The molecule has 0 aliphatic carbocycles. The van der Waals surface area contributed by atoms with Crippen molar-refractivity contribution in [1.29, 1.82) is 0 Å². The van der Waals surface area contributed by atoms with Crippen LogP contribution in [-0.4, -0.2) is 14.9 Å². The maximum Gasteiger partial charge on any atom is 0.329 e. The van der Waals surface area contributed by atoms with E-state index in [4.69, 9.17) is 0 Å². The Balaban J connectivity index is 2.25. The number of nitrogens with zero attached hydrogens (tertiary/aromatic N) is 2. The molecular weight excluding hydrogens is 240 g/mol. The van der Waals surface area contributed by atoms with Crippen LogP contribution in [0.15, 0.2) is 29.1 Å². The highest BCUT2D eigenvalue weighted by Crippen LogP contribution is 2.13. The van der Waals surface area contributed by atoms with Gasteiger partial charge in [-0.15, -0.1) is 0 Å². The monoisotopic (exact) mass is 260 g/mol. The van der Waals surface area contributed by atoms with Gasteiger partial charge in [-0.05, 0) is 38.8 Å². The van der Waals surface area contributed by atoms with Gasteiger partial charge in [0.25, 0.3) is 0 Å². The van der Waals surface area contributed by atoms with E-state index >= 15 is 0 Å². The number of rotatable bonds is 6. The van der Waals surface area contributed by atoms with E-state index in [-0.39, 0.29) is 11.5 Å². The molecule has 1 heterocycles. The second kappa shape index (κ2) is 5.87. The van der Waals surface area contributed by atoms with E-state index in [2.05, 4.69) is 0 Å². The average Bonchev–Trinajstić information content (AvgIpc) is 2.66. The van der Waals surface area contributed by atoms with Crippen LogP contribution in [0, 0.1) is 0 Å². The van der Waals surface area contributed by atoms with Crippen molar-refractivity contribution in [3.05, 3.63) is 34.7 Å². The van der Waals surface area contributed by atoms with Crippen LogP contribution in [-0.2, 0) is 17.9 Å². The summed E-state index contributed by atoms with van der Waals surface area (Å²) >= 11 is 0. The second-order valence-corrected chi connectivity index (χ2v) is 4.83. The van der Waals surface area contributed by atoms with Crippen molar-refractivity contribution in [3.8, 4) is 0 Å². The van der Waals surface area contributed by atoms with Crippen molar-refractivity contribution in [3.63, 3.8) is 0 Å². The topological polar surface area (TPSA) is 44.0 Å². The Labute approximate surface area is 112 Å². The largest absolute Gasteiger partial charge is 0.329 e. The molecule has 0 aliphatic heterocycles. The molecule has 0 unspecified atom stereocenters. The minimum atomic E-state index is 0.0477. The molecule has 0 saturated heterocycles. The third-order valence-electron chi connectivity index (χ3n) is 3.40. The number of imidazole rings is 1. The number of fused-ring (bicyclic) bond motifs is 1. The minimum Gasteiger partial charge on any atom is -0.300 e. The van der Waals surface area contributed by atoms with Crippen LogP contribution in [0.4, 0.5) is 0 Å². The highest BCUT2D eigenvalue weighted by Gasteiger charge is 2.10. The van der Waals surface area contributed by atoms with Gasteiger partial charge in [-0.25, -0.2) is 4.79 Å². The number of ketones is 1. The van der Waals surface area contributed by atoms with E-state index in [0.29, 0.717) is 19.5 Å². The van der Waals surface area contributed by atoms with E-state index in [9.17, 15) is 9.59 Å². The number of aromatic nitrogens is 2. The molecule has 0 N–H and O–H groups in total. The van der Waals surface area contributed by atoms with E-state index in [0.717, 1.165) is 23.9 Å². The fourth-order valence-electron chi connectivity index (χ4n) is 2.44. The van der Waals surface area contributed by atoms with Gasteiger partial charge in [-0.2, -0.15) is 0 Å². The van der Waals surface area contributed by atoms with Crippen LogP contribution in [0.25, 0.3) is 11.0 Å². The van der Waals surface area contributed by atoms with Crippen molar-refractivity contribution in [2.45, 2.75) is 46.2 Å². The fraction of sp³-hybridized carbons (Fsp3) is 0.467. The molecule has 1 aromatic heterocycles. The van der Waals surface area contributed by atoms with Gasteiger partial charge >= 0.3 is 5.69 Å². The van der Waals surface area contributed by atoms with Gasteiger partial charge in [-0.3, -0.25) is 9.13 Å². The van der Waals surface area contributed by atoms with E-state index in [1.807, 2.05) is 35.8 Å². The Bertz CT molecular complexity index is 637. The highest BCUT2D eigenvalue weighted by atomic mass is 16.1. The summed E-state index contributed by atoms with van der Waals surface area (Å²) in [5.74, 6) is 0.211. The second-order valence-electron chi connectivity index (χ2n) is 4.83. The summed E-state index contributed by atoms with van der Waals surface area (Å²) < 4.78 is 3.61. The van der Waals surface area contributed by atoms with Crippen LogP contribution in [0.3, 0.4) is 0 Å². The molecular formula is C15H20N2O2. The Morgan fingerprint density at radius 2 is 1.74 bits per heavy atom. The average molecular weight is 260 g/mol. The Morgan fingerprint density at radius 3 is 2.32 bits per heavy atom. The summed E-state index contributed by atoms with van der Waals surface area (Å²) in [5.41, 5.74) is 2.02. The molecule has 0 saturated carbocycles. The van der Waals surface area contributed by atoms with Crippen LogP contribution in [0.5, 0.6) is 0 Å². The first-order chi connectivity index (χ1) is 9.15. The molecule has 0 aliphatic rings. The summed E-state index contributed by atoms with van der Waals surface area (Å²) in [6.07, 6.45) is 2.30. The molecule has 0 radical (unpaired) electrons. The Hall–Kier alpha value is -1.84. The molecule has 2 rings (SSSR count). The maximum atomic E-state index is 12.3. The van der Waals surface area contributed by atoms with Crippen LogP contribution >= 0.6 is 0 Å². The Kier molecular flexibility index (Phi) is 4.20. The van der Waals surface area contributed by atoms with Gasteiger partial charge in [0, 0.05) is 19.5 Å². The van der Waals surface area contributed by atoms with Gasteiger partial charge in [0.15, 0.2) is 0 Å². The first kappa shape index (κ1) is 13.6. The zero-order chi connectivity index (χ0) is 13.8. The van der Waals surface area contributed by atoms with Crippen molar-refractivity contribution in [2.75, 3.05) is 0 Å². The zero-order valence-corrected chi connectivity index (χ0v) is 11.6. The van der Waals surface area contributed by atoms with Gasteiger partial charge in [0.05, 0.1) is 11.0 Å². The minimum absolute atomic E-state index is 0.0477. The van der Waals surface area contributed by atoms with Crippen molar-refractivity contribution < 1.29 is 4.79 Å². The normalized spacial score (nSPS) is 11.1. The summed E-state index contributed by atoms with van der Waals surface area (Å²) in [4.78, 5) is 23.2. The lowest BCUT2D eigenvalue weighted by Gasteiger charge is -2.02. The van der Waals surface area contributed by atoms with Gasteiger partial charge in [0.2, 0.25) is 0 Å². The number of aryl methyl sites for hydroxylation is 2. The summed E-state index contributed by atoms with van der Waals surface area (Å²) in [5, 5.41) is 0. The predicted molar refractivity (Wildman–Crippen MR) is 76.4 cm³/mol. The molecule has 0 fully saturated rings. The first-order valence-electron chi connectivity index (χ1n) is 6.82. The molecule has 19 heavy (non-hydrogen) atoms. The molecule has 0 bridgehead atoms. The SMILES string of the molecule is CCn1c(=O)n(CCCCC(C)=O)c2ccccc21. The number of carbonyl (C=O) groups excluding carboxylic acids is 1. The number of para-hydroxylation sites is 2. The van der Waals surface area contributed by atoms with E-state index in [1.165, 1.54) is 0 Å². The smallest absolute Gasteiger partial charge is 0.300 e. The lowest BCUT2D eigenvalue weighted by molar-refractivity contribution is -0.117. The van der Waals surface area contributed by atoms with Gasteiger partial charge in [0.1, 0.15) is 5.78 Å². The van der Waals surface area contributed by atoms with Crippen molar-refractivity contribution in [2.24, 2.45) is 0 Å². The number of hydrogen-bond donors (Lipinski definition) is 0. The fourth-order valence-corrected chi connectivity index (χ4v) is 2.44. The number of Topliss-reactive ketones (excluding diaryl/α,β-unsaturated/α-hetero) is 1. The van der Waals surface area contributed by atoms with Gasteiger partial charge in [-0.1, -0.05) is 12.1 Å². The third-order valence-corrected chi connectivity index (χ3v) is 3.40. The summed E-state index contributed by atoms with van der Waals surface area (Å²) in [6.45, 7) is 4.95. The molecule has 102 valence electrons. The predicted octanol–water partition coefficient (Wildman–Crippen LogP) is 2.58. The van der Waals surface area contributed by atoms with Crippen molar-refractivity contribution >= 4 is 16.8 Å². The highest BCUT2D eigenvalue weighted by molar-refractivity contribution is 5.76. The Morgan fingerprint density at radius 1 is 1.11 bits per heavy atom. The lowest BCUT2D eigenvalue weighted by atomic mass is 10.2. The maximum absolute atomic E-state index is 12.3. The third kappa shape index (κ3) is 2.78. The summed E-state index contributed by atoms with van der Waals surface area (Å²) in [7, 11) is 0.